The minimum absolute atomic E-state index is 0.199. The van der Waals surface area contributed by atoms with Crippen LogP contribution in [0.25, 0.3) is 0 Å². The van der Waals surface area contributed by atoms with Crippen molar-refractivity contribution in [1.29, 1.82) is 0 Å². The molecule has 2 fully saturated rings. The number of amides is 2. The van der Waals surface area contributed by atoms with Crippen molar-refractivity contribution in [3.05, 3.63) is 53.8 Å². The second-order valence-corrected chi connectivity index (χ2v) is 7.11. The molecule has 0 bridgehead atoms. The summed E-state index contributed by atoms with van der Waals surface area (Å²) in [6, 6.07) is 7.86. The van der Waals surface area contributed by atoms with Crippen LogP contribution >= 0.6 is 0 Å². The summed E-state index contributed by atoms with van der Waals surface area (Å²) < 4.78 is 23.9. The fourth-order valence-corrected chi connectivity index (χ4v) is 4.24. The zero-order valence-corrected chi connectivity index (χ0v) is 16.2. The maximum atomic E-state index is 13.3. The van der Waals surface area contributed by atoms with Crippen molar-refractivity contribution in [2.75, 3.05) is 19.1 Å². The van der Waals surface area contributed by atoms with Crippen molar-refractivity contribution in [3.8, 4) is 11.5 Å². The van der Waals surface area contributed by atoms with Gasteiger partial charge in [0.2, 0.25) is 11.8 Å². The summed E-state index contributed by atoms with van der Waals surface area (Å²) in [7, 11) is 2.95. The van der Waals surface area contributed by atoms with Gasteiger partial charge in [-0.25, -0.2) is 9.29 Å². The standard InChI is InChI=1S/C21H19FN2O6/c1-29-12-7-8-13(14(9-12)30-2)17-15-16(18(23-17)21(27)28)20(26)24(19(15)25)11-5-3-10(22)4-6-11/h3-9,15-18,23H,1-2H3,(H,27,28)/t15-,16-,17+,18+/m1/s1. The molecule has 0 aromatic heterocycles. The topological polar surface area (TPSA) is 105 Å². The third-order valence-corrected chi connectivity index (χ3v) is 5.60. The first kappa shape index (κ1) is 19.8. The highest BCUT2D eigenvalue weighted by Gasteiger charge is 2.61. The smallest absolute Gasteiger partial charge is 0.321 e. The lowest BCUT2D eigenvalue weighted by atomic mass is 9.86. The quantitative estimate of drug-likeness (QED) is 0.718. The summed E-state index contributed by atoms with van der Waals surface area (Å²) in [5, 5.41) is 12.6. The molecule has 0 saturated carbocycles. The molecule has 0 radical (unpaired) electrons. The van der Waals surface area contributed by atoms with Gasteiger partial charge in [-0.2, -0.15) is 0 Å². The van der Waals surface area contributed by atoms with E-state index in [1.54, 1.807) is 18.2 Å². The molecule has 4 rings (SSSR count). The number of benzene rings is 2. The van der Waals surface area contributed by atoms with E-state index >= 15 is 0 Å². The van der Waals surface area contributed by atoms with Crippen LogP contribution in [0.1, 0.15) is 11.6 Å². The van der Waals surface area contributed by atoms with Gasteiger partial charge in [0.25, 0.3) is 0 Å². The normalized spacial score (nSPS) is 25.4. The number of imide groups is 1. The zero-order chi connectivity index (χ0) is 21.6. The number of ether oxygens (including phenoxy) is 2. The number of carbonyl (C=O) groups is 3. The molecule has 0 spiro atoms. The molecular formula is C21H19FN2O6. The molecule has 2 aliphatic rings. The van der Waals surface area contributed by atoms with Crippen LogP contribution in [0.4, 0.5) is 10.1 Å². The number of carboxylic acids is 1. The van der Waals surface area contributed by atoms with Gasteiger partial charge in [0.05, 0.1) is 31.7 Å². The summed E-state index contributed by atoms with van der Waals surface area (Å²) in [6.45, 7) is 0. The monoisotopic (exact) mass is 414 g/mol. The molecule has 0 aliphatic carbocycles. The molecular weight excluding hydrogens is 395 g/mol. The predicted molar refractivity (Wildman–Crippen MR) is 103 cm³/mol. The number of nitrogens with zero attached hydrogens (tertiary/aromatic N) is 1. The van der Waals surface area contributed by atoms with Crippen LogP contribution in [0.5, 0.6) is 11.5 Å². The SMILES string of the molecule is COc1ccc([C@@H]2N[C@H](C(=O)O)[C@@H]3C(=O)N(c4ccc(F)cc4)C(=O)[C@H]32)c(OC)c1. The Balaban J connectivity index is 1.79. The summed E-state index contributed by atoms with van der Waals surface area (Å²) in [6.07, 6.45) is 0. The first-order valence-electron chi connectivity index (χ1n) is 9.21. The van der Waals surface area contributed by atoms with Gasteiger partial charge in [0, 0.05) is 17.7 Å². The molecule has 2 N–H and O–H groups in total. The average Bonchev–Trinajstić information content (AvgIpc) is 3.25. The molecule has 156 valence electrons. The van der Waals surface area contributed by atoms with E-state index in [1.165, 1.54) is 26.4 Å². The highest BCUT2D eigenvalue weighted by Crippen LogP contribution is 2.47. The van der Waals surface area contributed by atoms with Crippen LogP contribution < -0.4 is 19.7 Å². The van der Waals surface area contributed by atoms with Gasteiger partial charge in [0.15, 0.2) is 0 Å². The lowest BCUT2D eigenvalue weighted by Gasteiger charge is -2.23. The molecule has 2 aromatic rings. The molecule has 2 heterocycles. The van der Waals surface area contributed by atoms with Crippen molar-refractivity contribution >= 4 is 23.5 Å². The van der Waals surface area contributed by atoms with E-state index < -0.39 is 47.5 Å². The molecule has 2 aromatic carbocycles. The maximum absolute atomic E-state index is 13.3. The Morgan fingerprint density at radius 2 is 1.70 bits per heavy atom. The average molecular weight is 414 g/mol. The van der Waals surface area contributed by atoms with Gasteiger partial charge >= 0.3 is 5.97 Å². The largest absolute Gasteiger partial charge is 0.497 e. The molecule has 2 saturated heterocycles. The number of hydrogen-bond acceptors (Lipinski definition) is 6. The number of carbonyl (C=O) groups excluding carboxylic acids is 2. The predicted octanol–water partition coefficient (Wildman–Crippen LogP) is 1.75. The van der Waals surface area contributed by atoms with Crippen molar-refractivity contribution < 1.29 is 33.4 Å². The molecule has 4 atom stereocenters. The number of aliphatic carboxylic acids is 1. The lowest BCUT2D eigenvalue weighted by molar-refractivity contribution is -0.142. The molecule has 0 unspecified atom stereocenters. The Bertz CT molecular complexity index is 1020. The minimum atomic E-state index is -1.26. The number of methoxy groups -OCH3 is 2. The minimum Gasteiger partial charge on any atom is -0.497 e. The van der Waals surface area contributed by atoms with Crippen LogP contribution in [-0.2, 0) is 14.4 Å². The highest BCUT2D eigenvalue weighted by molar-refractivity contribution is 6.23. The van der Waals surface area contributed by atoms with Crippen molar-refractivity contribution in [3.63, 3.8) is 0 Å². The van der Waals surface area contributed by atoms with Crippen LogP contribution in [0.15, 0.2) is 42.5 Å². The first-order chi connectivity index (χ1) is 14.4. The summed E-state index contributed by atoms with van der Waals surface area (Å²) >= 11 is 0. The number of halogens is 1. The zero-order valence-electron chi connectivity index (χ0n) is 16.2. The van der Waals surface area contributed by atoms with E-state index in [2.05, 4.69) is 5.32 Å². The third kappa shape index (κ3) is 2.98. The number of carboxylic acid groups (broad SMARTS) is 1. The van der Waals surface area contributed by atoms with Crippen LogP contribution in [0.2, 0.25) is 0 Å². The molecule has 9 heteroatoms. The molecule has 2 amide bonds. The molecule has 2 aliphatic heterocycles. The Labute approximate surface area is 171 Å². The number of hydrogen-bond donors (Lipinski definition) is 2. The van der Waals surface area contributed by atoms with E-state index in [-0.39, 0.29) is 5.69 Å². The summed E-state index contributed by atoms with van der Waals surface area (Å²) in [4.78, 5) is 39.2. The van der Waals surface area contributed by atoms with Gasteiger partial charge in [0.1, 0.15) is 23.4 Å². The van der Waals surface area contributed by atoms with Crippen LogP contribution in [0.3, 0.4) is 0 Å². The molecule has 30 heavy (non-hydrogen) atoms. The van der Waals surface area contributed by atoms with E-state index in [0.717, 1.165) is 17.0 Å². The summed E-state index contributed by atoms with van der Waals surface area (Å²) in [5.41, 5.74) is 0.740. The second kappa shape index (κ2) is 7.42. The Morgan fingerprint density at radius 3 is 2.30 bits per heavy atom. The van der Waals surface area contributed by atoms with E-state index in [9.17, 15) is 23.9 Å². The Morgan fingerprint density at radius 1 is 1.03 bits per heavy atom. The third-order valence-electron chi connectivity index (χ3n) is 5.60. The van der Waals surface area contributed by atoms with Gasteiger partial charge in [-0.1, -0.05) is 6.07 Å². The van der Waals surface area contributed by atoms with Crippen LogP contribution in [0, 0.1) is 17.7 Å². The number of nitrogens with one attached hydrogen (secondary N) is 1. The van der Waals surface area contributed by atoms with Gasteiger partial charge in [-0.15, -0.1) is 0 Å². The van der Waals surface area contributed by atoms with Crippen molar-refractivity contribution in [2.24, 2.45) is 11.8 Å². The van der Waals surface area contributed by atoms with Crippen molar-refractivity contribution in [1.82, 2.24) is 5.32 Å². The van der Waals surface area contributed by atoms with E-state index in [4.69, 9.17) is 9.47 Å². The molecule has 8 nitrogen and oxygen atoms in total. The fraction of sp³-hybridized carbons (Fsp3) is 0.286. The lowest BCUT2D eigenvalue weighted by Crippen LogP contribution is -2.43. The van der Waals surface area contributed by atoms with Gasteiger partial charge in [-0.05, 0) is 30.3 Å². The maximum Gasteiger partial charge on any atom is 0.321 e. The Kier molecular flexibility index (Phi) is 4.90. The van der Waals surface area contributed by atoms with Crippen LogP contribution in [-0.4, -0.2) is 43.2 Å². The first-order valence-corrected chi connectivity index (χ1v) is 9.21. The fourth-order valence-electron chi connectivity index (χ4n) is 4.24. The second-order valence-electron chi connectivity index (χ2n) is 7.11. The van der Waals surface area contributed by atoms with E-state index in [1.807, 2.05) is 0 Å². The Hall–Kier alpha value is -3.46. The van der Waals surface area contributed by atoms with Gasteiger partial charge in [-0.3, -0.25) is 19.7 Å². The van der Waals surface area contributed by atoms with Gasteiger partial charge < -0.3 is 14.6 Å². The van der Waals surface area contributed by atoms with Crippen molar-refractivity contribution in [2.45, 2.75) is 12.1 Å². The summed E-state index contributed by atoms with van der Waals surface area (Å²) in [5.74, 6) is -4.05. The highest BCUT2D eigenvalue weighted by atomic mass is 19.1. The number of rotatable bonds is 5. The number of fused-ring (bicyclic) bond motifs is 1. The van der Waals surface area contributed by atoms with E-state index in [0.29, 0.717) is 17.1 Å². The number of anilines is 1.